The first-order valence-electron chi connectivity index (χ1n) is 10.4. The maximum absolute atomic E-state index is 12.8. The van der Waals surface area contributed by atoms with Crippen LogP contribution in [-0.2, 0) is 40.4 Å². The zero-order chi connectivity index (χ0) is 23.1. The van der Waals surface area contributed by atoms with Crippen molar-refractivity contribution in [3.63, 3.8) is 0 Å². The number of hydrogen-bond acceptors (Lipinski definition) is 8. The number of hydrogen-bond donors (Lipinski definition) is 0. The Balaban J connectivity index is 2.01. The van der Waals surface area contributed by atoms with Crippen LogP contribution in [0.4, 0.5) is 0 Å². The minimum atomic E-state index is -0.829. The summed E-state index contributed by atoms with van der Waals surface area (Å²) in [6, 6.07) is 3.86. The van der Waals surface area contributed by atoms with Crippen LogP contribution in [0.15, 0.2) is 35.8 Å². The van der Waals surface area contributed by atoms with Crippen LogP contribution in [0, 0.1) is 5.92 Å². The van der Waals surface area contributed by atoms with Crippen molar-refractivity contribution in [1.82, 2.24) is 0 Å². The Morgan fingerprint density at radius 2 is 1.84 bits per heavy atom. The lowest BCUT2D eigenvalue weighted by Crippen LogP contribution is -2.54. The van der Waals surface area contributed by atoms with Gasteiger partial charge in [-0.05, 0) is 35.8 Å². The second-order valence-electron chi connectivity index (χ2n) is 8.44. The fraction of sp³-hybridized carbons (Fsp3) is 0.500. The van der Waals surface area contributed by atoms with Crippen LogP contribution in [0.25, 0.3) is 0 Å². The topological polar surface area (TPSA) is 89.5 Å². The van der Waals surface area contributed by atoms with Crippen molar-refractivity contribution >= 4 is 11.8 Å². The molecule has 2 heterocycles. The molecule has 8 nitrogen and oxygen atoms in total. The van der Waals surface area contributed by atoms with Crippen LogP contribution in [0.3, 0.4) is 0 Å². The summed E-state index contributed by atoms with van der Waals surface area (Å²) in [5, 5.41) is 0. The van der Waals surface area contributed by atoms with E-state index >= 15 is 0 Å². The smallest absolute Gasteiger partial charge is 0.308 e. The minimum absolute atomic E-state index is 0.0112. The number of carbonyl (C=O) groups is 2. The van der Waals surface area contributed by atoms with Crippen LogP contribution in [-0.4, -0.2) is 59.0 Å². The Bertz CT molecular complexity index is 1010. The van der Waals surface area contributed by atoms with E-state index in [9.17, 15) is 9.59 Å². The summed E-state index contributed by atoms with van der Waals surface area (Å²) in [4.78, 5) is 24.5. The molecule has 1 fully saturated rings. The average Bonchev–Trinajstić information content (AvgIpc) is 2.92. The Hall–Kier alpha value is -2.84. The predicted octanol–water partition coefficient (Wildman–Crippen LogP) is 2.48. The molecule has 2 aliphatic heterocycles. The van der Waals surface area contributed by atoms with Crippen molar-refractivity contribution < 1.29 is 38.0 Å². The fourth-order valence-corrected chi connectivity index (χ4v) is 5.24. The van der Waals surface area contributed by atoms with Gasteiger partial charge in [0.25, 0.3) is 0 Å². The molecule has 2 aliphatic carbocycles. The lowest BCUT2D eigenvalue weighted by molar-refractivity contribution is -0.146. The van der Waals surface area contributed by atoms with E-state index in [0.717, 1.165) is 11.1 Å². The highest BCUT2D eigenvalue weighted by Gasteiger charge is 2.59. The number of methoxy groups -OCH3 is 4. The number of rotatable bonds is 7. The van der Waals surface area contributed by atoms with Gasteiger partial charge in [-0.3, -0.25) is 9.59 Å². The van der Waals surface area contributed by atoms with Gasteiger partial charge in [0.05, 0.1) is 32.8 Å². The molecule has 4 aliphatic rings. The third-order valence-corrected chi connectivity index (χ3v) is 6.54. The van der Waals surface area contributed by atoms with E-state index in [-0.39, 0.29) is 11.7 Å². The van der Waals surface area contributed by atoms with Gasteiger partial charge in [-0.1, -0.05) is 0 Å². The van der Waals surface area contributed by atoms with Crippen molar-refractivity contribution in [3.8, 4) is 11.5 Å². The average molecular weight is 444 g/mol. The molecule has 5 rings (SSSR count). The first kappa shape index (κ1) is 22.4. The standard InChI is InChI=1S/C24H28O8/c1-14(25)31-21-11-23-10-16(12-27-2)24(13-28-3,32-22(23)8-18(21)26)9-15-6-19(29-4)20(30-5)7-17(15)23/h6-8,11,16H,9-10,12-13H2,1-5H3/t16-,23+,24+/m0/s1. The van der Waals surface area contributed by atoms with Gasteiger partial charge < -0.3 is 28.4 Å². The summed E-state index contributed by atoms with van der Waals surface area (Å²) in [6.45, 7) is 2.02. The molecule has 0 N–H and O–H groups in total. The molecule has 32 heavy (non-hydrogen) atoms. The van der Waals surface area contributed by atoms with Gasteiger partial charge in [0.1, 0.15) is 11.4 Å². The molecule has 1 aromatic carbocycles. The fourth-order valence-electron chi connectivity index (χ4n) is 5.24. The zero-order valence-corrected chi connectivity index (χ0v) is 19.0. The summed E-state index contributed by atoms with van der Waals surface area (Å²) < 4.78 is 34.2. The molecular weight excluding hydrogens is 416 g/mol. The van der Waals surface area contributed by atoms with Crippen molar-refractivity contribution in [2.75, 3.05) is 41.7 Å². The van der Waals surface area contributed by atoms with Gasteiger partial charge in [-0.2, -0.15) is 0 Å². The normalized spacial score (nSPS) is 27.9. The molecular formula is C24H28O8. The number of benzene rings is 1. The molecule has 1 saturated heterocycles. The Morgan fingerprint density at radius 1 is 1.12 bits per heavy atom. The molecule has 0 unspecified atom stereocenters. The van der Waals surface area contributed by atoms with Gasteiger partial charge in [-0.25, -0.2) is 0 Å². The summed E-state index contributed by atoms with van der Waals surface area (Å²) in [5.74, 6) is 0.632. The molecule has 1 spiro atoms. The maximum Gasteiger partial charge on any atom is 0.308 e. The predicted molar refractivity (Wildman–Crippen MR) is 114 cm³/mol. The third-order valence-electron chi connectivity index (χ3n) is 6.54. The van der Waals surface area contributed by atoms with E-state index in [4.69, 9.17) is 28.4 Å². The molecule has 8 heteroatoms. The third kappa shape index (κ3) is 3.38. The lowest BCUT2D eigenvalue weighted by atomic mass is 9.66. The number of ketones is 1. The molecule has 1 aromatic rings. The SMILES string of the molecule is COC[C@@H]1C[C@]23C=C(OC(C)=O)C(=O)C=C2O[C@@]1(COC)Cc1cc(OC)c(OC)cc13. The lowest BCUT2D eigenvalue weighted by Gasteiger charge is -2.49. The first-order valence-corrected chi connectivity index (χ1v) is 10.4. The van der Waals surface area contributed by atoms with Gasteiger partial charge in [-0.15, -0.1) is 0 Å². The largest absolute Gasteiger partial charge is 0.493 e. The molecule has 0 radical (unpaired) electrons. The zero-order valence-electron chi connectivity index (χ0n) is 19.0. The molecule has 2 bridgehead atoms. The number of carbonyl (C=O) groups excluding carboxylic acids is 2. The highest BCUT2D eigenvalue weighted by molar-refractivity contribution is 6.05. The van der Waals surface area contributed by atoms with Crippen molar-refractivity contribution in [2.24, 2.45) is 5.92 Å². The van der Waals surface area contributed by atoms with Crippen LogP contribution >= 0.6 is 0 Å². The van der Waals surface area contributed by atoms with Gasteiger partial charge >= 0.3 is 5.97 Å². The summed E-state index contributed by atoms with van der Waals surface area (Å²) >= 11 is 0. The molecule has 172 valence electrons. The van der Waals surface area contributed by atoms with E-state index in [1.165, 1.54) is 13.0 Å². The van der Waals surface area contributed by atoms with Gasteiger partial charge in [0, 0.05) is 39.6 Å². The number of esters is 1. The molecule has 0 amide bonds. The summed E-state index contributed by atoms with van der Waals surface area (Å²) in [5.41, 5.74) is 0.326. The second kappa shape index (κ2) is 8.26. The van der Waals surface area contributed by atoms with Crippen molar-refractivity contribution in [1.29, 1.82) is 0 Å². The van der Waals surface area contributed by atoms with E-state index < -0.39 is 22.8 Å². The quantitative estimate of drug-likeness (QED) is 0.593. The summed E-state index contributed by atoms with van der Waals surface area (Å²) in [6.07, 6.45) is 4.24. The minimum Gasteiger partial charge on any atom is -0.493 e. The highest BCUT2D eigenvalue weighted by atomic mass is 16.6. The van der Waals surface area contributed by atoms with E-state index in [1.807, 2.05) is 12.1 Å². The Labute approximate surface area is 187 Å². The molecule has 0 saturated carbocycles. The molecule has 0 aromatic heterocycles. The Kier molecular flexibility index (Phi) is 5.77. The van der Waals surface area contributed by atoms with E-state index in [1.54, 1.807) is 34.5 Å². The number of fused-ring (bicyclic) bond motifs is 1. The van der Waals surface area contributed by atoms with Crippen LogP contribution < -0.4 is 9.47 Å². The van der Waals surface area contributed by atoms with Gasteiger partial charge in [0.2, 0.25) is 5.78 Å². The van der Waals surface area contributed by atoms with Crippen molar-refractivity contribution in [2.45, 2.75) is 30.8 Å². The van der Waals surface area contributed by atoms with E-state index in [0.29, 0.717) is 43.3 Å². The summed E-state index contributed by atoms with van der Waals surface area (Å²) in [7, 11) is 6.45. The van der Waals surface area contributed by atoms with Gasteiger partial charge in [0.15, 0.2) is 17.3 Å². The van der Waals surface area contributed by atoms with Crippen molar-refractivity contribution in [3.05, 3.63) is 46.9 Å². The van der Waals surface area contributed by atoms with E-state index in [2.05, 4.69) is 0 Å². The number of allylic oxidation sites excluding steroid dienone is 2. The first-order chi connectivity index (χ1) is 15.3. The Morgan fingerprint density at radius 3 is 2.47 bits per heavy atom. The highest BCUT2D eigenvalue weighted by Crippen LogP contribution is 2.58. The maximum atomic E-state index is 12.8. The van der Waals surface area contributed by atoms with Crippen LogP contribution in [0.1, 0.15) is 24.5 Å². The molecule has 3 atom stereocenters. The number of ether oxygens (including phenoxy) is 6. The monoisotopic (exact) mass is 444 g/mol. The second-order valence-corrected chi connectivity index (χ2v) is 8.44. The van der Waals surface area contributed by atoms with Crippen LogP contribution in [0.2, 0.25) is 0 Å². The van der Waals surface area contributed by atoms with Crippen LogP contribution in [0.5, 0.6) is 11.5 Å².